The summed E-state index contributed by atoms with van der Waals surface area (Å²) in [5.41, 5.74) is 2.59. The molecule has 0 saturated heterocycles. The van der Waals surface area contributed by atoms with E-state index < -0.39 is 36.9 Å². The number of rotatable bonds is 3. The van der Waals surface area contributed by atoms with Crippen molar-refractivity contribution in [1.29, 1.82) is 0 Å². The third-order valence-corrected chi connectivity index (χ3v) is 3.16. The van der Waals surface area contributed by atoms with Crippen LogP contribution in [0.4, 0.5) is 10.1 Å². The fraction of sp³-hybridized carbons (Fsp3) is 0.308. The lowest BCUT2D eigenvalue weighted by Crippen LogP contribution is -2.16. The molecule has 1 aromatic rings. The summed E-state index contributed by atoms with van der Waals surface area (Å²) < 4.78 is 13.6. The van der Waals surface area contributed by atoms with Crippen molar-refractivity contribution in [2.75, 3.05) is 0 Å². The zero-order valence-electron chi connectivity index (χ0n) is 11.4. The second-order valence-corrected chi connectivity index (χ2v) is 10.0. The Bertz CT molecular complexity index is 626. The Hall–Kier alpha value is -2.20. The Morgan fingerprint density at radius 2 is 2.05 bits per heavy atom. The number of carboxylic acid groups (broad SMARTS) is 1. The van der Waals surface area contributed by atoms with Gasteiger partial charge in [-0.25, -0.2) is 0 Å². The van der Waals surface area contributed by atoms with Gasteiger partial charge in [0.15, 0.2) is 0 Å². The second kappa shape index (κ2) is 5.84. The molecule has 20 heavy (non-hydrogen) atoms. The van der Waals surface area contributed by atoms with Gasteiger partial charge in [-0.2, -0.15) is 4.39 Å². The lowest BCUT2D eigenvalue weighted by Gasteiger charge is -2.06. The van der Waals surface area contributed by atoms with Crippen LogP contribution in [0.15, 0.2) is 12.1 Å². The number of halogens is 1. The summed E-state index contributed by atoms with van der Waals surface area (Å²) in [6.07, 6.45) is -0.434. The van der Waals surface area contributed by atoms with Crippen LogP contribution in [0.2, 0.25) is 19.6 Å². The summed E-state index contributed by atoms with van der Waals surface area (Å²) in [6, 6.07) is 1.88. The number of nitrogens with zero attached hydrogens (tertiary/aromatic N) is 1. The highest BCUT2D eigenvalue weighted by molar-refractivity contribution is 6.83. The SMILES string of the molecule is C[Si](C)(C)C#Cc1cc(F)c([N+](=O)[O-])cc1CC(=O)O. The van der Waals surface area contributed by atoms with Gasteiger partial charge >= 0.3 is 11.7 Å². The molecular weight excluding hydrogens is 281 g/mol. The van der Waals surface area contributed by atoms with Crippen molar-refractivity contribution in [2.45, 2.75) is 26.1 Å². The van der Waals surface area contributed by atoms with E-state index in [0.717, 1.165) is 12.1 Å². The normalized spacial score (nSPS) is 10.6. The average molecular weight is 295 g/mol. The van der Waals surface area contributed by atoms with Crippen molar-refractivity contribution in [3.8, 4) is 11.5 Å². The second-order valence-electron chi connectivity index (χ2n) is 5.29. The van der Waals surface area contributed by atoms with Crippen LogP contribution in [-0.4, -0.2) is 24.1 Å². The molecule has 1 N–H and O–H groups in total. The van der Waals surface area contributed by atoms with Gasteiger partial charge in [-0.1, -0.05) is 25.6 Å². The molecule has 0 spiro atoms. The summed E-state index contributed by atoms with van der Waals surface area (Å²) >= 11 is 0. The molecule has 5 nitrogen and oxygen atoms in total. The highest BCUT2D eigenvalue weighted by Crippen LogP contribution is 2.22. The number of nitro groups is 1. The molecule has 0 aliphatic rings. The number of nitro benzene ring substituents is 1. The molecule has 1 rings (SSSR count). The third kappa shape index (κ3) is 4.48. The predicted octanol–water partition coefficient (Wildman–Crippen LogP) is 2.59. The first-order chi connectivity index (χ1) is 9.10. The molecule has 0 bridgehead atoms. The maximum absolute atomic E-state index is 13.6. The fourth-order valence-corrected chi connectivity index (χ4v) is 1.94. The van der Waals surface area contributed by atoms with Crippen LogP contribution in [0.3, 0.4) is 0 Å². The van der Waals surface area contributed by atoms with Crippen LogP contribution in [-0.2, 0) is 11.2 Å². The predicted molar refractivity (Wildman–Crippen MR) is 74.6 cm³/mol. The van der Waals surface area contributed by atoms with Crippen molar-refractivity contribution >= 4 is 19.7 Å². The van der Waals surface area contributed by atoms with Crippen LogP contribution in [0, 0.1) is 27.4 Å². The van der Waals surface area contributed by atoms with Crippen molar-refractivity contribution in [2.24, 2.45) is 0 Å². The molecule has 106 valence electrons. The van der Waals surface area contributed by atoms with Gasteiger partial charge in [0, 0.05) is 11.6 Å². The molecule has 0 heterocycles. The Morgan fingerprint density at radius 1 is 1.45 bits per heavy atom. The standard InChI is InChI=1S/C13H14FNO4Si/c1-20(2,3)5-4-9-6-11(14)12(15(18)19)7-10(9)8-13(16)17/h6-7H,8H2,1-3H3,(H,16,17). The maximum atomic E-state index is 13.6. The first kappa shape index (κ1) is 15.9. The summed E-state index contributed by atoms with van der Waals surface area (Å²) in [6.45, 7) is 5.95. The van der Waals surface area contributed by atoms with Crippen molar-refractivity contribution in [3.05, 3.63) is 39.2 Å². The summed E-state index contributed by atoms with van der Waals surface area (Å²) in [5, 5.41) is 19.5. The molecule has 0 fully saturated rings. The minimum absolute atomic E-state index is 0.149. The highest BCUT2D eigenvalue weighted by atomic mass is 28.3. The van der Waals surface area contributed by atoms with Gasteiger partial charge in [0.05, 0.1) is 11.3 Å². The van der Waals surface area contributed by atoms with E-state index in [1.807, 2.05) is 19.6 Å². The van der Waals surface area contributed by atoms with E-state index in [0.29, 0.717) is 0 Å². The Morgan fingerprint density at radius 3 is 2.50 bits per heavy atom. The molecule has 0 aromatic heterocycles. The first-order valence-electron chi connectivity index (χ1n) is 5.82. The molecule has 0 aliphatic heterocycles. The van der Waals surface area contributed by atoms with E-state index in [1.54, 1.807) is 0 Å². The van der Waals surface area contributed by atoms with Gasteiger partial charge in [-0.3, -0.25) is 14.9 Å². The Labute approximate surface area is 116 Å². The molecule has 0 amide bonds. The number of benzene rings is 1. The van der Waals surface area contributed by atoms with Crippen molar-refractivity contribution in [3.63, 3.8) is 0 Å². The number of hydrogen-bond donors (Lipinski definition) is 1. The number of carbonyl (C=O) groups is 1. The van der Waals surface area contributed by atoms with Crippen molar-refractivity contribution in [1.82, 2.24) is 0 Å². The Kier molecular flexibility index (Phi) is 4.63. The van der Waals surface area contributed by atoms with Gasteiger partial charge in [0.25, 0.3) is 0 Å². The van der Waals surface area contributed by atoms with Crippen LogP contribution in [0.1, 0.15) is 11.1 Å². The minimum atomic E-state index is -1.72. The number of hydrogen-bond acceptors (Lipinski definition) is 3. The zero-order valence-corrected chi connectivity index (χ0v) is 12.4. The number of aliphatic carboxylic acids is 1. The average Bonchev–Trinajstić information content (AvgIpc) is 2.26. The van der Waals surface area contributed by atoms with Crippen LogP contribution >= 0.6 is 0 Å². The first-order valence-corrected chi connectivity index (χ1v) is 9.32. The van der Waals surface area contributed by atoms with E-state index in [1.165, 1.54) is 0 Å². The minimum Gasteiger partial charge on any atom is -0.481 e. The Balaban J connectivity index is 3.41. The van der Waals surface area contributed by atoms with Crippen LogP contribution in [0.25, 0.3) is 0 Å². The lowest BCUT2D eigenvalue weighted by molar-refractivity contribution is -0.387. The third-order valence-electron chi connectivity index (χ3n) is 2.28. The molecule has 0 radical (unpaired) electrons. The lowest BCUT2D eigenvalue weighted by atomic mass is 10.0. The van der Waals surface area contributed by atoms with E-state index in [9.17, 15) is 19.3 Å². The highest BCUT2D eigenvalue weighted by Gasteiger charge is 2.19. The zero-order chi connectivity index (χ0) is 15.5. The fourth-order valence-electron chi connectivity index (χ4n) is 1.43. The van der Waals surface area contributed by atoms with E-state index >= 15 is 0 Å². The molecule has 0 atom stereocenters. The van der Waals surface area contributed by atoms with Crippen molar-refractivity contribution < 1.29 is 19.2 Å². The van der Waals surface area contributed by atoms with Crippen LogP contribution in [0.5, 0.6) is 0 Å². The van der Waals surface area contributed by atoms with Gasteiger partial charge in [-0.05, 0) is 11.6 Å². The molecule has 0 unspecified atom stereocenters. The molecule has 7 heteroatoms. The van der Waals surface area contributed by atoms with Crippen LogP contribution < -0.4 is 0 Å². The number of carboxylic acids is 1. The molecule has 0 aliphatic carbocycles. The quantitative estimate of drug-likeness (QED) is 0.402. The van der Waals surface area contributed by atoms with Gasteiger partial charge < -0.3 is 5.11 Å². The van der Waals surface area contributed by atoms with Gasteiger partial charge in [-0.15, -0.1) is 5.54 Å². The maximum Gasteiger partial charge on any atom is 0.307 e. The van der Waals surface area contributed by atoms with E-state index in [2.05, 4.69) is 11.5 Å². The smallest absolute Gasteiger partial charge is 0.307 e. The largest absolute Gasteiger partial charge is 0.481 e. The topological polar surface area (TPSA) is 80.4 Å². The molecule has 0 saturated carbocycles. The van der Waals surface area contributed by atoms with E-state index in [-0.39, 0.29) is 11.1 Å². The van der Waals surface area contributed by atoms with E-state index in [4.69, 9.17) is 5.11 Å². The van der Waals surface area contributed by atoms with Gasteiger partial charge in [0.1, 0.15) is 8.07 Å². The molecule has 1 aromatic carbocycles. The summed E-state index contributed by atoms with van der Waals surface area (Å²) in [4.78, 5) is 20.6. The van der Waals surface area contributed by atoms with Gasteiger partial charge in [0.2, 0.25) is 5.82 Å². The summed E-state index contributed by atoms with van der Waals surface area (Å²) in [5.74, 6) is 0.590. The monoisotopic (exact) mass is 295 g/mol. The summed E-state index contributed by atoms with van der Waals surface area (Å²) in [7, 11) is -1.72. The molecular formula is C13H14FNO4Si.